The van der Waals surface area contributed by atoms with E-state index in [1.54, 1.807) is 0 Å². The van der Waals surface area contributed by atoms with Crippen LogP contribution in [-0.4, -0.2) is 23.6 Å². The predicted octanol–water partition coefficient (Wildman–Crippen LogP) is 0.760. The fourth-order valence-electron chi connectivity index (χ4n) is 1.28. The molecule has 0 bridgehead atoms. The van der Waals surface area contributed by atoms with Gasteiger partial charge in [0.05, 0.1) is 11.0 Å². The van der Waals surface area contributed by atoms with Crippen LogP contribution in [0, 0.1) is 5.92 Å². The first-order valence-corrected chi connectivity index (χ1v) is 5.39. The summed E-state index contributed by atoms with van der Waals surface area (Å²) in [7, 11) is 0. The molecule has 1 saturated carbocycles. The van der Waals surface area contributed by atoms with E-state index in [2.05, 4.69) is 10.6 Å². The Hall–Kier alpha value is -0.840. The predicted molar refractivity (Wildman–Crippen MR) is 60.1 cm³/mol. The molecule has 0 spiro atoms. The van der Waals surface area contributed by atoms with E-state index in [1.807, 2.05) is 6.92 Å². The van der Waals surface area contributed by atoms with Crippen LogP contribution in [0.2, 0.25) is 0 Å². The maximum Gasteiger partial charge on any atom is 0.315 e. The largest absolute Gasteiger partial charge is 0.392 e. The van der Waals surface area contributed by atoms with Crippen LogP contribution in [-0.2, 0) is 0 Å². The summed E-state index contributed by atoms with van der Waals surface area (Å²) in [5.74, 6) is 0.458. The lowest BCUT2D eigenvalue weighted by molar-refractivity contribution is 0.238. The number of carbonyl (C=O) groups is 1. The quantitative estimate of drug-likeness (QED) is 0.593. The summed E-state index contributed by atoms with van der Waals surface area (Å²) in [5.41, 5.74) is 5.54. The molecule has 0 aromatic rings. The molecule has 80 valence electrons. The highest BCUT2D eigenvalue weighted by Crippen LogP contribution is 2.32. The smallest absolute Gasteiger partial charge is 0.315 e. The Labute approximate surface area is 89.6 Å². The van der Waals surface area contributed by atoms with Crippen LogP contribution in [0.4, 0.5) is 4.79 Å². The lowest BCUT2D eigenvalue weighted by Crippen LogP contribution is -2.49. The van der Waals surface area contributed by atoms with Crippen molar-refractivity contribution in [2.24, 2.45) is 11.7 Å². The summed E-state index contributed by atoms with van der Waals surface area (Å²) in [6.07, 6.45) is 3.14. The zero-order valence-electron chi connectivity index (χ0n) is 8.38. The van der Waals surface area contributed by atoms with E-state index in [1.165, 1.54) is 0 Å². The minimum atomic E-state index is -0.170. The van der Waals surface area contributed by atoms with Crippen LogP contribution in [0.25, 0.3) is 0 Å². The molecule has 1 aliphatic carbocycles. The summed E-state index contributed by atoms with van der Waals surface area (Å²) in [4.78, 5) is 11.7. The molecule has 0 saturated heterocycles. The third kappa shape index (κ3) is 3.49. The van der Waals surface area contributed by atoms with Gasteiger partial charge < -0.3 is 16.4 Å². The first-order valence-electron chi connectivity index (χ1n) is 4.98. The van der Waals surface area contributed by atoms with Crippen molar-refractivity contribution in [1.29, 1.82) is 0 Å². The Morgan fingerprint density at radius 1 is 1.64 bits per heavy atom. The molecule has 0 aromatic heterocycles. The maximum atomic E-state index is 11.3. The van der Waals surface area contributed by atoms with Crippen molar-refractivity contribution in [2.75, 3.05) is 6.54 Å². The highest BCUT2D eigenvalue weighted by atomic mass is 32.1. The van der Waals surface area contributed by atoms with E-state index in [4.69, 9.17) is 18.0 Å². The van der Waals surface area contributed by atoms with Crippen LogP contribution in [0.5, 0.6) is 0 Å². The SMILES string of the molecule is CCCNC(=O)NC(C(N)=S)C1CC1. The fourth-order valence-corrected chi connectivity index (χ4v) is 1.53. The Bertz CT molecular complexity index is 228. The van der Waals surface area contributed by atoms with Gasteiger partial charge in [-0.1, -0.05) is 19.1 Å². The Balaban J connectivity index is 2.31. The number of hydrogen-bond donors (Lipinski definition) is 3. The number of rotatable bonds is 5. The number of hydrogen-bond acceptors (Lipinski definition) is 2. The minimum absolute atomic E-state index is 0.123. The molecule has 1 unspecified atom stereocenters. The Morgan fingerprint density at radius 3 is 2.71 bits per heavy atom. The summed E-state index contributed by atoms with van der Waals surface area (Å²) < 4.78 is 0. The van der Waals surface area contributed by atoms with E-state index < -0.39 is 0 Å². The van der Waals surface area contributed by atoms with E-state index in [0.29, 0.717) is 17.5 Å². The standard InChI is InChI=1S/C9H17N3OS/c1-2-5-11-9(13)12-7(8(10)14)6-3-4-6/h6-7H,2-5H2,1H3,(H2,10,14)(H2,11,12,13). The second kappa shape index (κ2) is 5.14. The maximum absolute atomic E-state index is 11.3. The lowest BCUT2D eigenvalue weighted by atomic mass is 10.2. The Kier molecular flexibility index (Phi) is 4.13. The average molecular weight is 215 g/mol. The van der Waals surface area contributed by atoms with Crippen molar-refractivity contribution < 1.29 is 4.79 Å². The van der Waals surface area contributed by atoms with Crippen molar-refractivity contribution in [3.8, 4) is 0 Å². The van der Waals surface area contributed by atoms with Gasteiger partial charge in [-0.05, 0) is 25.2 Å². The van der Waals surface area contributed by atoms with Gasteiger partial charge in [-0.15, -0.1) is 0 Å². The number of urea groups is 1. The molecular formula is C9H17N3OS. The molecule has 0 aliphatic heterocycles. The number of nitrogens with one attached hydrogen (secondary N) is 2. The summed E-state index contributed by atoms with van der Waals surface area (Å²) >= 11 is 4.90. The zero-order valence-corrected chi connectivity index (χ0v) is 9.19. The molecule has 1 rings (SSSR count). The molecule has 4 N–H and O–H groups in total. The van der Waals surface area contributed by atoms with Gasteiger partial charge in [-0.3, -0.25) is 0 Å². The molecule has 0 radical (unpaired) electrons. The van der Waals surface area contributed by atoms with Crippen LogP contribution >= 0.6 is 12.2 Å². The van der Waals surface area contributed by atoms with E-state index in [-0.39, 0.29) is 12.1 Å². The van der Waals surface area contributed by atoms with Gasteiger partial charge in [-0.25, -0.2) is 4.79 Å². The van der Waals surface area contributed by atoms with Crippen molar-refractivity contribution >= 4 is 23.2 Å². The van der Waals surface area contributed by atoms with E-state index in [9.17, 15) is 4.79 Å². The Morgan fingerprint density at radius 2 is 2.29 bits per heavy atom. The zero-order chi connectivity index (χ0) is 10.6. The van der Waals surface area contributed by atoms with E-state index >= 15 is 0 Å². The summed E-state index contributed by atoms with van der Waals surface area (Å²) in [6.45, 7) is 2.69. The molecule has 4 nitrogen and oxygen atoms in total. The van der Waals surface area contributed by atoms with Crippen LogP contribution in [0.3, 0.4) is 0 Å². The van der Waals surface area contributed by atoms with Gasteiger partial charge in [0.25, 0.3) is 0 Å². The first-order chi connectivity index (χ1) is 6.65. The molecule has 0 aromatic carbocycles. The molecule has 1 fully saturated rings. The van der Waals surface area contributed by atoms with Crippen molar-refractivity contribution in [3.63, 3.8) is 0 Å². The van der Waals surface area contributed by atoms with Crippen LogP contribution in [0.1, 0.15) is 26.2 Å². The molecule has 14 heavy (non-hydrogen) atoms. The van der Waals surface area contributed by atoms with Crippen molar-refractivity contribution in [2.45, 2.75) is 32.2 Å². The topological polar surface area (TPSA) is 67.2 Å². The molecular weight excluding hydrogens is 198 g/mol. The number of nitrogens with two attached hydrogens (primary N) is 1. The molecule has 2 amide bonds. The molecule has 1 aliphatic rings. The monoisotopic (exact) mass is 215 g/mol. The fraction of sp³-hybridized carbons (Fsp3) is 0.778. The van der Waals surface area contributed by atoms with Gasteiger partial charge in [0.15, 0.2) is 0 Å². The molecule has 5 heteroatoms. The minimum Gasteiger partial charge on any atom is -0.392 e. The third-order valence-electron chi connectivity index (χ3n) is 2.22. The molecule has 1 atom stereocenters. The second-order valence-corrected chi connectivity index (χ2v) is 4.09. The van der Waals surface area contributed by atoms with Crippen LogP contribution < -0.4 is 16.4 Å². The van der Waals surface area contributed by atoms with Crippen molar-refractivity contribution in [1.82, 2.24) is 10.6 Å². The van der Waals surface area contributed by atoms with Crippen LogP contribution in [0.15, 0.2) is 0 Å². The third-order valence-corrected chi connectivity index (χ3v) is 2.48. The number of amides is 2. The summed E-state index contributed by atoms with van der Waals surface area (Å²) in [5, 5.41) is 5.53. The van der Waals surface area contributed by atoms with Gasteiger partial charge in [-0.2, -0.15) is 0 Å². The van der Waals surface area contributed by atoms with E-state index in [0.717, 1.165) is 19.3 Å². The highest BCUT2D eigenvalue weighted by molar-refractivity contribution is 7.80. The van der Waals surface area contributed by atoms with Gasteiger partial charge in [0.2, 0.25) is 0 Å². The van der Waals surface area contributed by atoms with Gasteiger partial charge in [0.1, 0.15) is 0 Å². The molecule has 0 heterocycles. The summed E-state index contributed by atoms with van der Waals surface area (Å²) in [6, 6.07) is -0.293. The normalized spacial score (nSPS) is 17.2. The average Bonchev–Trinajstić information content (AvgIpc) is 2.93. The first kappa shape index (κ1) is 11.2. The van der Waals surface area contributed by atoms with Gasteiger partial charge in [0, 0.05) is 6.54 Å². The number of carbonyl (C=O) groups excluding carboxylic acids is 1. The number of thiocarbonyl (C=S) groups is 1. The van der Waals surface area contributed by atoms with Crippen molar-refractivity contribution in [3.05, 3.63) is 0 Å². The van der Waals surface area contributed by atoms with Gasteiger partial charge >= 0.3 is 6.03 Å². The second-order valence-electron chi connectivity index (χ2n) is 3.62. The lowest BCUT2D eigenvalue weighted by Gasteiger charge is -2.16. The highest BCUT2D eigenvalue weighted by Gasteiger charge is 2.33.